The third kappa shape index (κ3) is 4.45. The molecule has 0 heterocycles. The lowest BCUT2D eigenvalue weighted by Crippen LogP contribution is -2.23. The van der Waals surface area contributed by atoms with Crippen molar-refractivity contribution < 1.29 is 0 Å². The Bertz CT molecular complexity index is 306. The molecule has 0 aliphatic heterocycles. The van der Waals surface area contributed by atoms with Gasteiger partial charge in [0.05, 0.1) is 0 Å². The second-order valence-electron chi connectivity index (χ2n) is 3.40. The Morgan fingerprint density at radius 3 is 2.07 bits per heavy atom. The first-order valence-corrected chi connectivity index (χ1v) is 5.74. The van der Waals surface area contributed by atoms with Crippen LogP contribution < -0.4 is 0 Å². The minimum Gasteiger partial charge on any atom is -0.292 e. The number of hydrogen-bond donors (Lipinski definition) is 0. The van der Waals surface area contributed by atoms with Gasteiger partial charge in [0.15, 0.2) is 0 Å². The van der Waals surface area contributed by atoms with Crippen LogP contribution in [0.25, 0.3) is 0 Å². The summed E-state index contributed by atoms with van der Waals surface area (Å²) in [7, 11) is 0. The van der Waals surface area contributed by atoms with E-state index in [0.29, 0.717) is 0 Å². The Hall–Kier alpha value is -0.860. The SMILES string of the molecule is C=CCN(CC=C)Cc1ccc(Br)cc1. The largest absolute Gasteiger partial charge is 0.292 e. The van der Waals surface area contributed by atoms with Gasteiger partial charge in [0, 0.05) is 24.1 Å². The van der Waals surface area contributed by atoms with Crippen LogP contribution in [0.5, 0.6) is 0 Å². The molecular formula is C13H16BrN. The van der Waals surface area contributed by atoms with Gasteiger partial charge in [0.2, 0.25) is 0 Å². The predicted molar refractivity (Wildman–Crippen MR) is 69.8 cm³/mol. The Morgan fingerprint density at radius 1 is 1.07 bits per heavy atom. The summed E-state index contributed by atoms with van der Waals surface area (Å²) in [6.07, 6.45) is 3.84. The van der Waals surface area contributed by atoms with Crippen LogP contribution in [0.4, 0.5) is 0 Å². The van der Waals surface area contributed by atoms with Crippen LogP contribution in [0, 0.1) is 0 Å². The van der Waals surface area contributed by atoms with Crippen LogP contribution in [-0.4, -0.2) is 18.0 Å². The fraction of sp³-hybridized carbons (Fsp3) is 0.231. The highest BCUT2D eigenvalue weighted by atomic mass is 79.9. The van der Waals surface area contributed by atoms with Crippen molar-refractivity contribution in [1.82, 2.24) is 4.90 Å². The van der Waals surface area contributed by atoms with E-state index in [0.717, 1.165) is 24.1 Å². The fourth-order valence-corrected chi connectivity index (χ4v) is 1.68. The van der Waals surface area contributed by atoms with Gasteiger partial charge in [-0.2, -0.15) is 0 Å². The molecule has 1 nitrogen and oxygen atoms in total. The molecular weight excluding hydrogens is 250 g/mol. The van der Waals surface area contributed by atoms with Crippen molar-refractivity contribution in [3.05, 3.63) is 59.6 Å². The number of benzene rings is 1. The quantitative estimate of drug-likeness (QED) is 0.711. The van der Waals surface area contributed by atoms with E-state index in [1.807, 2.05) is 12.2 Å². The molecule has 1 rings (SSSR count). The molecule has 0 saturated heterocycles. The average molecular weight is 266 g/mol. The molecule has 0 bridgehead atoms. The summed E-state index contributed by atoms with van der Waals surface area (Å²) in [6, 6.07) is 8.39. The Morgan fingerprint density at radius 2 is 1.60 bits per heavy atom. The van der Waals surface area contributed by atoms with E-state index in [-0.39, 0.29) is 0 Å². The molecule has 0 aliphatic rings. The molecule has 15 heavy (non-hydrogen) atoms. The van der Waals surface area contributed by atoms with Crippen molar-refractivity contribution in [3.63, 3.8) is 0 Å². The van der Waals surface area contributed by atoms with E-state index < -0.39 is 0 Å². The highest BCUT2D eigenvalue weighted by molar-refractivity contribution is 9.10. The second kappa shape index (κ2) is 6.59. The molecule has 0 fully saturated rings. The van der Waals surface area contributed by atoms with E-state index >= 15 is 0 Å². The first kappa shape index (κ1) is 12.2. The van der Waals surface area contributed by atoms with Crippen molar-refractivity contribution in [2.75, 3.05) is 13.1 Å². The number of hydrogen-bond acceptors (Lipinski definition) is 1. The van der Waals surface area contributed by atoms with E-state index in [9.17, 15) is 0 Å². The standard InChI is InChI=1S/C13H16BrN/c1-3-9-15(10-4-2)11-12-5-7-13(14)8-6-12/h3-8H,1-2,9-11H2. The Labute approximate surface area is 100 Å². The minimum absolute atomic E-state index is 0.891. The van der Waals surface area contributed by atoms with Gasteiger partial charge < -0.3 is 0 Å². The molecule has 1 aromatic carbocycles. The predicted octanol–water partition coefficient (Wildman–Crippen LogP) is 3.62. The lowest BCUT2D eigenvalue weighted by Gasteiger charge is -2.18. The number of nitrogens with zero attached hydrogens (tertiary/aromatic N) is 1. The lowest BCUT2D eigenvalue weighted by molar-refractivity contribution is 0.328. The highest BCUT2D eigenvalue weighted by Gasteiger charge is 2.01. The van der Waals surface area contributed by atoms with E-state index in [2.05, 4.69) is 58.3 Å². The maximum absolute atomic E-state index is 3.76. The van der Waals surface area contributed by atoms with Crippen molar-refractivity contribution in [2.45, 2.75) is 6.54 Å². The molecule has 2 heteroatoms. The molecule has 0 unspecified atom stereocenters. The van der Waals surface area contributed by atoms with Gasteiger partial charge in [-0.25, -0.2) is 0 Å². The summed E-state index contributed by atoms with van der Waals surface area (Å²) in [4.78, 5) is 2.28. The van der Waals surface area contributed by atoms with E-state index in [1.54, 1.807) is 0 Å². The first-order chi connectivity index (χ1) is 7.26. The summed E-state index contributed by atoms with van der Waals surface area (Å²) >= 11 is 3.43. The molecule has 0 N–H and O–H groups in total. The van der Waals surface area contributed by atoms with E-state index in [1.165, 1.54) is 5.56 Å². The molecule has 0 spiro atoms. The zero-order valence-corrected chi connectivity index (χ0v) is 10.4. The molecule has 0 saturated carbocycles. The van der Waals surface area contributed by atoms with Gasteiger partial charge >= 0.3 is 0 Å². The van der Waals surface area contributed by atoms with Crippen molar-refractivity contribution >= 4 is 15.9 Å². The van der Waals surface area contributed by atoms with Crippen molar-refractivity contribution in [2.24, 2.45) is 0 Å². The Kier molecular flexibility index (Phi) is 5.37. The summed E-state index contributed by atoms with van der Waals surface area (Å²) in [5, 5.41) is 0. The highest BCUT2D eigenvalue weighted by Crippen LogP contribution is 2.12. The van der Waals surface area contributed by atoms with Crippen LogP contribution in [0.3, 0.4) is 0 Å². The third-order valence-electron chi connectivity index (χ3n) is 2.09. The molecule has 1 aromatic rings. The van der Waals surface area contributed by atoms with Crippen LogP contribution >= 0.6 is 15.9 Å². The summed E-state index contributed by atoms with van der Waals surface area (Å²) in [5.41, 5.74) is 1.31. The lowest BCUT2D eigenvalue weighted by atomic mass is 10.2. The third-order valence-corrected chi connectivity index (χ3v) is 2.62. The molecule has 0 atom stereocenters. The van der Waals surface area contributed by atoms with Gasteiger partial charge in [0.1, 0.15) is 0 Å². The number of halogens is 1. The molecule has 0 aromatic heterocycles. The Balaban J connectivity index is 2.60. The van der Waals surface area contributed by atoms with Crippen molar-refractivity contribution in [3.8, 4) is 0 Å². The zero-order chi connectivity index (χ0) is 11.1. The van der Waals surface area contributed by atoms with Gasteiger partial charge in [0.25, 0.3) is 0 Å². The monoisotopic (exact) mass is 265 g/mol. The van der Waals surface area contributed by atoms with Crippen LogP contribution in [0.15, 0.2) is 54.0 Å². The fourth-order valence-electron chi connectivity index (χ4n) is 1.42. The normalized spacial score (nSPS) is 10.3. The smallest absolute Gasteiger partial charge is 0.0240 e. The zero-order valence-electron chi connectivity index (χ0n) is 8.82. The van der Waals surface area contributed by atoms with Gasteiger partial charge in [-0.05, 0) is 17.7 Å². The molecule has 0 radical (unpaired) electrons. The average Bonchev–Trinajstić information content (AvgIpc) is 2.22. The summed E-state index contributed by atoms with van der Waals surface area (Å²) < 4.78 is 1.12. The maximum atomic E-state index is 3.76. The summed E-state index contributed by atoms with van der Waals surface area (Å²) in [5.74, 6) is 0. The molecule has 0 amide bonds. The van der Waals surface area contributed by atoms with Gasteiger partial charge in [-0.15, -0.1) is 13.2 Å². The molecule has 0 aliphatic carbocycles. The van der Waals surface area contributed by atoms with Gasteiger partial charge in [-0.3, -0.25) is 4.90 Å². The number of rotatable bonds is 6. The first-order valence-electron chi connectivity index (χ1n) is 4.95. The topological polar surface area (TPSA) is 3.24 Å². The van der Waals surface area contributed by atoms with Gasteiger partial charge in [-0.1, -0.05) is 40.2 Å². The van der Waals surface area contributed by atoms with Crippen LogP contribution in [0.2, 0.25) is 0 Å². The minimum atomic E-state index is 0.891. The van der Waals surface area contributed by atoms with Crippen LogP contribution in [-0.2, 0) is 6.54 Å². The van der Waals surface area contributed by atoms with Crippen LogP contribution in [0.1, 0.15) is 5.56 Å². The molecule has 80 valence electrons. The van der Waals surface area contributed by atoms with Crippen molar-refractivity contribution in [1.29, 1.82) is 0 Å². The van der Waals surface area contributed by atoms with E-state index in [4.69, 9.17) is 0 Å². The maximum Gasteiger partial charge on any atom is 0.0240 e. The second-order valence-corrected chi connectivity index (χ2v) is 4.31. The summed E-state index contributed by atoms with van der Waals surface area (Å²) in [6.45, 7) is 10.2.